The third-order valence-corrected chi connectivity index (χ3v) is 3.54. The molecule has 4 nitrogen and oxygen atoms in total. The molecule has 0 radical (unpaired) electrons. The molecule has 1 atom stereocenters. The topological polar surface area (TPSA) is 33.1 Å². The van der Waals surface area contributed by atoms with E-state index in [0.717, 1.165) is 6.54 Å². The van der Waals surface area contributed by atoms with Crippen molar-refractivity contribution in [2.24, 2.45) is 0 Å². The highest BCUT2D eigenvalue weighted by Gasteiger charge is 2.21. The van der Waals surface area contributed by atoms with Crippen molar-refractivity contribution in [2.45, 2.75) is 51.7 Å². The van der Waals surface area contributed by atoms with Gasteiger partial charge in [-0.05, 0) is 32.4 Å². The molecule has 18 heavy (non-hydrogen) atoms. The van der Waals surface area contributed by atoms with Gasteiger partial charge < -0.3 is 14.8 Å². The molecular formula is C14H26N4. The summed E-state index contributed by atoms with van der Waals surface area (Å²) in [4.78, 5) is 6.65. The number of aryl methyl sites for hydroxylation is 1. The van der Waals surface area contributed by atoms with E-state index in [1.165, 1.54) is 38.9 Å². The van der Waals surface area contributed by atoms with Crippen LogP contribution in [0.5, 0.6) is 0 Å². The molecule has 1 fully saturated rings. The van der Waals surface area contributed by atoms with E-state index >= 15 is 0 Å². The quantitative estimate of drug-likeness (QED) is 0.748. The molecule has 1 aliphatic heterocycles. The Morgan fingerprint density at radius 1 is 1.33 bits per heavy atom. The lowest BCUT2D eigenvalue weighted by atomic mass is 10.2. The molecular weight excluding hydrogens is 224 g/mol. The molecule has 102 valence electrons. The second-order valence-electron chi connectivity index (χ2n) is 5.62. The number of aromatic nitrogens is 2. The fourth-order valence-electron chi connectivity index (χ4n) is 2.69. The number of likely N-dealkylation sites (tertiary alicyclic amines) is 1. The van der Waals surface area contributed by atoms with Gasteiger partial charge in [-0.1, -0.05) is 13.8 Å². The molecule has 0 aromatic carbocycles. The lowest BCUT2D eigenvalue weighted by Gasteiger charge is -2.18. The van der Waals surface area contributed by atoms with E-state index in [1.807, 2.05) is 18.7 Å². The van der Waals surface area contributed by atoms with Crippen LogP contribution in [0.1, 0.15) is 33.1 Å². The molecule has 1 unspecified atom stereocenters. The average molecular weight is 250 g/mol. The zero-order valence-electron chi connectivity index (χ0n) is 11.7. The lowest BCUT2D eigenvalue weighted by Crippen LogP contribution is -2.37. The van der Waals surface area contributed by atoms with Crippen molar-refractivity contribution in [2.75, 3.05) is 19.6 Å². The lowest BCUT2D eigenvalue weighted by molar-refractivity contribution is 0.314. The maximum atomic E-state index is 4.06. The van der Waals surface area contributed by atoms with Crippen molar-refractivity contribution >= 4 is 0 Å². The fraction of sp³-hybridized carbons (Fsp3) is 0.786. The summed E-state index contributed by atoms with van der Waals surface area (Å²) in [5.74, 6) is 0. The number of rotatable bonds is 7. The summed E-state index contributed by atoms with van der Waals surface area (Å²) in [6.07, 6.45) is 9.63. The van der Waals surface area contributed by atoms with Crippen LogP contribution in [0.25, 0.3) is 0 Å². The Kier molecular flexibility index (Phi) is 5.20. The third kappa shape index (κ3) is 4.42. The van der Waals surface area contributed by atoms with Crippen molar-refractivity contribution in [1.29, 1.82) is 0 Å². The Morgan fingerprint density at radius 3 is 2.89 bits per heavy atom. The predicted octanol–water partition coefficient (Wildman–Crippen LogP) is 1.74. The van der Waals surface area contributed by atoms with E-state index in [9.17, 15) is 0 Å². The highest BCUT2D eigenvalue weighted by molar-refractivity contribution is 4.82. The van der Waals surface area contributed by atoms with E-state index in [-0.39, 0.29) is 0 Å². The maximum Gasteiger partial charge on any atom is 0.0945 e. The molecule has 0 amide bonds. The van der Waals surface area contributed by atoms with Crippen LogP contribution in [0.2, 0.25) is 0 Å². The van der Waals surface area contributed by atoms with Crippen molar-refractivity contribution in [3.05, 3.63) is 18.7 Å². The first-order valence-corrected chi connectivity index (χ1v) is 7.18. The summed E-state index contributed by atoms with van der Waals surface area (Å²) in [6, 6.07) is 1.31. The van der Waals surface area contributed by atoms with Crippen LogP contribution < -0.4 is 5.32 Å². The standard InChI is InChI=1S/C14H26N4/c1-13(2)16-14-5-9-17(11-14)7-3-4-8-18-10-6-15-12-18/h6,10,12-14,16H,3-5,7-9,11H2,1-2H3. The van der Waals surface area contributed by atoms with Crippen molar-refractivity contribution < 1.29 is 0 Å². The number of imidazole rings is 1. The molecule has 4 heteroatoms. The van der Waals surface area contributed by atoms with Gasteiger partial charge in [-0.2, -0.15) is 0 Å². The van der Waals surface area contributed by atoms with Crippen LogP contribution >= 0.6 is 0 Å². The van der Waals surface area contributed by atoms with Crippen LogP contribution in [0, 0.1) is 0 Å². The molecule has 2 heterocycles. The molecule has 0 bridgehead atoms. The van der Waals surface area contributed by atoms with E-state index in [0.29, 0.717) is 12.1 Å². The van der Waals surface area contributed by atoms with Crippen LogP contribution in [0.4, 0.5) is 0 Å². The van der Waals surface area contributed by atoms with E-state index in [1.54, 1.807) is 0 Å². The summed E-state index contributed by atoms with van der Waals surface area (Å²) in [5.41, 5.74) is 0. The number of hydrogen-bond donors (Lipinski definition) is 1. The summed E-state index contributed by atoms with van der Waals surface area (Å²) < 4.78 is 2.16. The van der Waals surface area contributed by atoms with Gasteiger partial charge in [0, 0.05) is 37.6 Å². The largest absolute Gasteiger partial charge is 0.337 e. The van der Waals surface area contributed by atoms with Crippen LogP contribution in [-0.2, 0) is 6.54 Å². The van der Waals surface area contributed by atoms with Gasteiger partial charge in [0.15, 0.2) is 0 Å². The van der Waals surface area contributed by atoms with E-state index < -0.39 is 0 Å². The SMILES string of the molecule is CC(C)NC1CCN(CCCCn2ccnc2)C1. The second kappa shape index (κ2) is 6.90. The minimum atomic E-state index is 0.608. The Balaban J connectivity index is 1.55. The second-order valence-corrected chi connectivity index (χ2v) is 5.62. The molecule has 2 rings (SSSR count). The van der Waals surface area contributed by atoms with Crippen LogP contribution in [-0.4, -0.2) is 46.2 Å². The molecule has 1 aromatic heterocycles. The van der Waals surface area contributed by atoms with Gasteiger partial charge >= 0.3 is 0 Å². The molecule has 1 aliphatic rings. The van der Waals surface area contributed by atoms with Crippen molar-refractivity contribution in [1.82, 2.24) is 19.8 Å². The van der Waals surface area contributed by atoms with Gasteiger partial charge in [0.1, 0.15) is 0 Å². The number of hydrogen-bond acceptors (Lipinski definition) is 3. The Hall–Kier alpha value is -0.870. The Bertz CT molecular complexity index is 321. The average Bonchev–Trinajstić information content (AvgIpc) is 2.95. The van der Waals surface area contributed by atoms with Crippen molar-refractivity contribution in [3.8, 4) is 0 Å². The summed E-state index contributed by atoms with van der Waals surface area (Å²) >= 11 is 0. The highest BCUT2D eigenvalue weighted by Crippen LogP contribution is 2.11. The molecule has 1 saturated heterocycles. The maximum absolute atomic E-state index is 4.06. The monoisotopic (exact) mass is 250 g/mol. The molecule has 1 aromatic rings. The summed E-state index contributed by atoms with van der Waals surface area (Å²) in [5, 5.41) is 3.63. The van der Waals surface area contributed by atoms with Gasteiger partial charge in [0.25, 0.3) is 0 Å². The minimum Gasteiger partial charge on any atom is -0.337 e. The predicted molar refractivity (Wildman–Crippen MR) is 74.6 cm³/mol. The Morgan fingerprint density at radius 2 is 2.17 bits per heavy atom. The number of unbranched alkanes of at least 4 members (excludes halogenated alkanes) is 1. The molecule has 1 N–H and O–H groups in total. The summed E-state index contributed by atoms with van der Waals surface area (Å²) in [7, 11) is 0. The fourth-order valence-corrected chi connectivity index (χ4v) is 2.69. The summed E-state index contributed by atoms with van der Waals surface area (Å²) in [6.45, 7) is 9.28. The van der Waals surface area contributed by atoms with Gasteiger partial charge in [0.05, 0.1) is 6.33 Å². The molecule has 0 spiro atoms. The highest BCUT2D eigenvalue weighted by atomic mass is 15.2. The van der Waals surface area contributed by atoms with Gasteiger partial charge in [-0.15, -0.1) is 0 Å². The number of nitrogens with zero attached hydrogens (tertiary/aromatic N) is 3. The molecule has 0 aliphatic carbocycles. The minimum absolute atomic E-state index is 0.608. The zero-order chi connectivity index (χ0) is 12.8. The van der Waals surface area contributed by atoms with E-state index in [2.05, 4.69) is 33.6 Å². The first-order valence-electron chi connectivity index (χ1n) is 7.18. The van der Waals surface area contributed by atoms with Crippen LogP contribution in [0.15, 0.2) is 18.7 Å². The molecule has 0 saturated carbocycles. The van der Waals surface area contributed by atoms with Crippen molar-refractivity contribution in [3.63, 3.8) is 0 Å². The first kappa shape index (κ1) is 13.6. The Labute approximate surface area is 110 Å². The third-order valence-electron chi connectivity index (χ3n) is 3.54. The van der Waals surface area contributed by atoms with Gasteiger partial charge in [0.2, 0.25) is 0 Å². The van der Waals surface area contributed by atoms with Gasteiger partial charge in [-0.25, -0.2) is 4.98 Å². The van der Waals surface area contributed by atoms with Crippen LogP contribution in [0.3, 0.4) is 0 Å². The van der Waals surface area contributed by atoms with Gasteiger partial charge in [-0.3, -0.25) is 0 Å². The van der Waals surface area contributed by atoms with E-state index in [4.69, 9.17) is 0 Å². The zero-order valence-corrected chi connectivity index (χ0v) is 11.7. The smallest absolute Gasteiger partial charge is 0.0945 e. The first-order chi connectivity index (χ1) is 8.74. The number of nitrogens with one attached hydrogen (secondary N) is 1. The normalized spacial score (nSPS) is 20.9.